The molecule has 0 radical (unpaired) electrons. The maximum absolute atomic E-state index is 4.61. The molecule has 6 heteroatoms. The van der Waals surface area contributed by atoms with Crippen LogP contribution in [0, 0.1) is 26.7 Å². The summed E-state index contributed by atoms with van der Waals surface area (Å²) in [6, 6.07) is 8.93. The quantitative estimate of drug-likeness (QED) is 0.537. The molecule has 3 rings (SSSR count). The molecule has 1 aromatic carbocycles. The van der Waals surface area contributed by atoms with Crippen LogP contribution in [0.25, 0.3) is 0 Å². The highest BCUT2D eigenvalue weighted by Gasteiger charge is 2.19. The van der Waals surface area contributed by atoms with Crippen molar-refractivity contribution in [2.45, 2.75) is 46.6 Å². The van der Waals surface area contributed by atoms with E-state index in [1.54, 1.807) is 11.3 Å². The highest BCUT2D eigenvalue weighted by Crippen LogP contribution is 2.19. The van der Waals surface area contributed by atoms with Crippen molar-refractivity contribution in [1.82, 2.24) is 20.5 Å². The number of aliphatic imine (C=N–C) groups is 1. The van der Waals surface area contributed by atoms with E-state index in [4.69, 9.17) is 0 Å². The second-order valence-corrected chi connectivity index (χ2v) is 9.37. The molecule has 158 valence electrons. The number of aromatic nitrogens is 1. The molecule has 1 fully saturated rings. The Labute approximate surface area is 179 Å². The maximum atomic E-state index is 4.61. The van der Waals surface area contributed by atoms with E-state index >= 15 is 0 Å². The molecule has 0 saturated carbocycles. The molecular weight excluding hydrogens is 378 g/mol. The van der Waals surface area contributed by atoms with Crippen molar-refractivity contribution < 1.29 is 0 Å². The van der Waals surface area contributed by atoms with E-state index in [1.807, 2.05) is 7.05 Å². The predicted molar refractivity (Wildman–Crippen MR) is 124 cm³/mol. The summed E-state index contributed by atoms with van der Waals surface area (Å²) >= 11 is 1.79. The highest BCUT2D eigenvalue weighted by molar-refractivity contribution is 7.11. The van der Waals surface area contributed by atoms with Crippen molar-refractivity contribution >= 4 is 17.3 Å². The summed E-state index contributed by atoms with van der Waals surface area (Å²) in [6.07, 6.45) is 3.43. The zero-order chi connectivity index (χ0) is 20.6. The number of nitrogens with zero attached hydrogens (tertiary/aromatic N) is 3. The van der Waals surface area contributed by atoms with Crippen LogP contribution >= 0.6 is 11.3 Å². The standard InChI is InChI=1S/C23H35N5S/c1-17-5-7-21(8-6-17)16-28-13-10-20(11-14-28)15-26-23(24-4)25-12-9-22-27-18(2)19(3)29-22/h5-8,20H,9-16H2,1-4H3,(H2,24,25,26). The molecule has 0 amide bonds. The third-order valence-corrected chi connectivity index (χ3v) is 6.85. The molecule has 2 N–H and O–H groups in total. The van der Waals surface area contributed by atoms with Gasteiger partial charge in [-0.25, -0.2) is 4.98 Å². The summed E-state index contributed by atoms with van der Waals surface area (Å²) in [5.74, 6) is 1.61. The lowest BCUT2D eigenvalue weighted by molar-refractivity contribution is 0.178. The molecule has 1 aromatic heterocycles. The van der Waals surface area contributed by atoms with Crippen LogP contribution in [0.4, 0.5) is 0 Å². The lowest BCUT2D eigenvalue weighted by atomic mass is 9.96. The van der Waals surface area contributed by atoms with Gasteiger partial charge in [0, 0.05) is 38.0 Å². The first-order valence-electron chi connectivity index (χ1n) is 10.7. The Balaban J connectivity index is 1.33. The summed E-state index contributed by atoms with van der Waals surface area (Å²) in [7, 11) is 1.84. The van der Waals surface area contributed by atoms with Crippen LogP contribution in [-0.2, 0) is 13.0 Å². The van der Waals surface area contributed by atoms with Gasteiger partial charge in [-0.2, -0.15) is 0 Å². The fraction of sp³-hybridized carbons (Fsp3) is 0.565. The van der Waals surface area contributed by atoms with Gasteiger partial charge in [0.15, 0.2) is 5.96 Å². The van der Waals surface area contributed by atoms with E-state index in [0.29, 0.717) is 5.92 Å². The molecule has 2 heterocycles. The van der Waals surface area contributed by atoms with Crippen LogP contribution in [0.2, 0.25) is 0 Å². The van der Waals surface area contributed by atoms with E-state index in [1.165, 1.54) is 46.9 Å². The first-order valence-corrected chi connectivity index (χ1v) is 11.5. The van der Waals surface area contributed by atoms with Crippen molar-refractivity contribution in [2.24, 2.45) is 10.9 Å². The topological polar surface area (TPSA) is 52.6 Å². The smallest absolute Gasteiger partial charge is 0.190 e. The zero-order valence-corrected chi connectivity index (χ0v) is 19.1. The Morgan fingerprint density at radius 2 is 1.86 bits per heavy atom. The third kappa shape index (κ3) is 6.82. The Morgan fingerprint density at radius 3 is 2.48 bits per heavy atom. The molecule has 0 spiro atoms. The molecule has 0 aliphatic carbocycles. The van der Waals surface area contributed by atoms with Gasteiger partial charge in [0.25, 0.3) is 0 Å². The Bertz CT molecular complexity index is 769. The monoisotopic (exact) mass is 413 g/mol. The third-order valence-electron chi connectivity index (χ3n) is 5.72. The van der Waals surface area contributed by atoms with Gasteiger partial charge in [-0.3, -0.25) is 9.89 Å². The van der Waals surface area contributed by atoms with Gasteiger partial charge in [-0.05, 0) is 58.2 Å². The Hall–Kier alpha value is -1.92. The average molecular weight is 414 g/mol. The predicted octanol–water partition coefficient (Wildman–Crippen LogP) is 3.69. The van der Waals surface area contributed by atoms with Gasteiger partial charge in [0.1, 0.15) is 0 Å². The number of piperidine rings is 1. The number of thiazole rings is 1. The Kier molecular flexibility index (Phi) is 8.07. The van der Waals surface area contributed by atoms with Gasteiger partial charge >= 0.3 is 0 Å². The molecule has 0 unspecified atom stereocenters. The zero-order valence-electron chi connectivity index (χ0n) is 18.3. The summed E-state index contributed by atoms with van der Waals surface area (Å²) in [6.45, 7) is 11.6. The minimum absolute atomic E-state index is 0.715. The van der Waals surface area contributed by atoms with Crippen LogP contribution in [0.15, 0.2) is 29.3 Å². The molecule has 2 aromatic rings. The normalized spacial score (nSPS) is 16.2. The summed E-state index contributed by atoms with van der Waals surface area (Å²) in [4.78, 5) is 12.9. The molecule has 1 aliphatic heterocycles. The lowest BCUT2D eigenvalue weighted by Crippen LogP contribution is -2.43. The minimum Gasteiger partial charge on any atom is -0.356 e. The van der Waals surface area contributed by atoms with E-state index in [2.05, 4.69) is 70.5 Å². The van der Waals surface area contributed by atoms with Gasteiger partial charge in [-0.15, -0.1) is 11.3 Å². The number of benzene rings is 1. The number of hydrogen-bond donors (Lipinski definition) is 2. The van der Waals surface area contributed by atoms with E-state index in [-0.39, 0.29) is 0 Å². The summed E-state index contributed by atoms with van der Waals surface area (Å²) < 4.78 is 0. The number of aryl methyl sites for hydroxylation is 3. The number of guanidine groups is 1. The van der Waals surface area contributed by atoms with Crippen molar-refractivity contribution in [3.05, 3.63) is 51.0 Å². The van der Waals surface area contributed by atoms with Crippen LogP contribution in [0.3, 0.4) is 0 Å². The molecule has 29 heavy (non-hydrogen) atoms. The van der Waals surface area contributed by atoms with Crippen molar-refractivity contribution in [1.29, 1.82) is 0 Å². The summed E-state index contributed by atoms with van der Waals surface area (Å²) in [5, 5.41) is 8.14. The first-order chi connectivity index (χ1) is 14.0. The number of hydrogen-bond acceptors (Lipinski definition) is 4. The van der Waals surface area contributed by atoms with Gasteiger partial charge in [0.2, 0.25) is 0 Å². The van der Waals surface area contributed by atoms with Crippen LogP contribution in [0.1, 0.15) is 39.5 Å². The molecule has 0 bridgehead atoms. The SMILES string of the molecule is CN=C(NCCc1nc(C)c(C)s1)NCC1CCN(Cc2ccc(C)cc2)CC1. The van der Waals surface area contributed by atoms with E-state index < -0.39 is 0 Å². The van der Waals surface area contributed by atoms with Crippen LogP contribution < -0.4 is 10.6 Å². The average Bonchev–Trinajstić information content (AvgIpc) is 3.04. The maximum Gasteiger partial charge on any atom is 0.190 e. The Morgan fingerprint density at radius 1 is 1.14 bits per heavy atom. The fourth-order valence-electron chi connectivity index (χ4n) is 3.70. The summed E-state index contributed by atoms with van der Waals surface area (Å²) in [5.41, 5.74) is 3.90. The lowest BCUT2D eigenvalue weighted by Gasteiger charge is -2.32. The molecule has 1 aliphatic rings. The largest absolute Gasteiger partial charge is 0.356 e. The van der Waals surface area contributed by atoms with Crippen molar-refractivity contribution in [2.75, 3.05) is 33.2 Å². The van der Waals surface area contributed by atoms with Gasteiger partial charge in [0.05, 0.1) is 10.7 Å². The second-order valence-electron chi connectivity index (χ2n) is 8.08. The number of likely N-dealkylation sites (tertiary alicyclic amines) is 1. The molecule has 0 atom stereocenters. The second kappa shape index (κ2) is 10.7. The number of rotatable bonds is 7. The molecule has 1 saturated heterocycles. The fourth-order valence-corrected chi connectivity index (χ4v) is 4.63. The van der Waals surface area contributed by atoms with Crippen molar-refractivity contribution in [3.8, 4) is 0 Å². The van der Waals surface area contributed by atoms with Gasteiger partial charge < -0.3 is 10.6 Å². The molecular formula is C23H35N5S. The number of nitrogens with one attached hydrogen (secondary N) is 2. The highest BCUT2D eigenvalue weighted by atomic mass is 32.1. The van der Waals surface area contributed by atoms with Crippen LogP contribution in [-0.4, -0.2) is 49.1 Å². The van der Waals surface area contributed by atoms with E-state index in [9.17, 15) is 0 Å². The van der Waals surface area contributed by atoms with Crippen molar-refractivity contribution in [3.63, 3.8) is 0 Å². The van der Waals surface area contributed by atoms with Gasteiger partial charge in [-0.1, -0.05) is 29.8 Å². The van der Waals surface area contributed by atoms with Crippen LogP contribution in [0.5, 0.6) is 0 Å². The minimum atomic E-state index is 0.715. The van der Waals surface area contributed by atoms with E-state index in [0.717, 1.165) is 37.7 Å². The molecule has 5 nitrogen and oxygen atoms in total. The first kappa shape index (κ1) is 21.8.